The van der Waals surface area contributed by atoms with Gasteiger partial charge in [0.05, 0.1) is 0 Å². The van der Waals surface area contributed by atoms with E-state index in [0.717, 1.165) is 25.2 Å². The summed E-state index contributed by atoms with van der Waals surface area (Å²) in [5.41, 5.74) is 0. The molecule has 1 aliphatic carbocycles. The molecule has 2 aliphatic rings. The fourth-order valence-electron chi connectivity index (χ4n) is 3.05. The molecule has 0 N–H and O–H groups in total. The van der Waals surface area contributed by atoms with Gasteiger partial charge in [-0.3, -0.25) is 9.69 Å². The van der Waals surface area contributed by atoms with E-state index in [1.165, 1.54) is 19.4 Å². The number of Topliss-reactive ketones (excluding diaryl/α,β-unsaturated/α-hetero) is 1. The standard InChI is InChI=1S/C12H21NO/c1-9-5-6-13(10(2)7-9)11-3-4-12(14)8-11/h9-11H,3-8H2,1-2H3. The maximum Gasteiger partial charge on any atom is 0.134 e. The van der Waals surface area contributed by atoms with Gasteiger partial charge in [-0.1, -0.05) is 6.92 Å². The Hall–Kier alpha value is -0.370. The summed E-state index contributed by atoms with van der Waals surface area (Å²) in [6.07, 6.45) is 5.37. The van der Waals surface area contributed by atoms with Crippen LogP contribution in [0.15, 0.2) is 0 Å². The van der Waals surface area contributed by atoms with Crippen LogP contribution < -0.4 is 0 Å². The van der Waals surface area contributed by atoms with Gasteiger partial charge in [0.1, 0.15) is 5.78 Å². The molecule has 1 saturated carbocycles. The van der Waals surface area contributed by atoms with Crippen molar-refractivity contribution in [1.82, 2.24) is 4.90 Å². The Morgan fingerprint density at radius 3 is 2.64 bits per heavy atom. The molecule has 2 rings (SSSR count). The zero-order valence-electron chi connectivity index (χ0n) is 9.33. The molecular formula is C12H21NO. The number of carbonyl (C=O) groups is 1. The van der Waals surface area contributed by atoms with E-state index in [0.29, 0.717) is 17.9 Å². The lowest BCUT2D eigenvalue weighted by Gasteiger charge is -2.40. The summed E-state index contributed by atoms with van der Waals surface area (Å²) in [6.45, 7) is 5.87. The highest BCUT2D eigenvalue weighted by atomic mass is 16.1. The highest BCUT2D eigenvalue weighted by molar-refractivity contribution is 5.81. The number of piperidine rings is 1. The SMILES string of the molecule is CC1CCN(C2CCC(=O)C2)C(C)C1. The topological polar surface area (TPSA) is 20.3 Å². The third-order valence-corrected chi connectivity index (χ3v) is 3.88. The molecule has 1 heterocycles. The first-order chi connectivity index (χ1) is 6.66. The van der Waals surface area contributed by atoms with Crippen molar-refractivity contribution in [2.24, 2.45) is 5.92 Å². The smallest absolute Gasteiger partial charge is 0.134 e. The van der Waals surface area contributed by atoms with Gasteiger partial charge in [-0.25, -0.2) is 0 Å². The van der Waals surface area contributed by atoms with E-state index in [2.05, 4.69) is 18.7 Å². The van der Waals surface area contributed by atoms with E-state index < -0.39 is 0 Å². The van der Waals surface area contributed by atoms with Crippen LogP contribution >= 0.6 is 0 Å². The van der Waals surface area contributed by atoms with Gasteiger partial charge < -0.3 is 0 Å². The minimum atomic E-state index is 0.473. The van der Waals surface area contributed by atoms with Crippen molar-refractivity contribution in [3.05, 3.63) is 0 Å². The second-order valence-electron chi connectivity index (χ2n) is 5.15. The molecule has 0 bridgehead atoms. The van der Waals surface area contributed by atoms with Crippen LogP contribution in [0, 0.1) is 5.92 Å². The molecule has 0 radical (unpaired) electrons. The average Bonchev–Trinajstić information content (AvgIpc) is 2.51. The van der Waals surface area contributed by atoms with E-state index >= 15 is 0 Å². The van der Waals surface area contributed by atoms with Gasteiger partial charge >= 0.3 is 0 Å². The first kappa shape index (κ1) is 10.2. The van der Waals surface area contributed by atoms with Crippen molar-refractivity contribution in [2.75, 3.05) is 6.54 Å². The van der Waals surface area contributed by atoms with Crippen molar-refractivity contribution in [3.8, 4) is 0 Å². The van der Waals surface area contributed by atoms with E-state index in [1.807, 2.05) is 0 Å². The fourth-order valence-corrected chi connectivity index (χ4v) is 3.05. The van der Waals surface area contributed by atoms with Crippen LogP contribution in [0.3, 0.4) is 0 Å². The van der Waals surface area contributed by atoms with Crippen molar-refractivity contribution in [3.63, 3.8) is 0 Å². The molecule has 0 amide bonds. The molecule has 2 nitrogen and oxygen atoms in total. The fraction of sp³-hybridized carbons (Fsp3) is 0.917. The molecule has 14 heavy (non-hydrogen) atoms. The molecule has 0 aromatic carbocycles. The Balaban J connectivity index is 1.94. The molecule has 3 unspecified atom stereocenters. The van der Waals surface area contributed by atoms with E-state index in [-0.39, 0.29) is 0 Å². The van der Waals surface area contributed by atoms with Gasteiger partial charge in [0, 0.05) is 24.9 Å². The van der Waals surface area contributed by atoms with Crippen LogP contribution in [-0.2, 0) is 4.79 Å². The molecule has 2 fully saturated rings. The van der Waals surface area contributed by atoms with E-state index in [9.17, 15) is 4.79 Å². The Bertz CT molecular complexity index is 226. The number of likely N-dealkylation sites (tertiary alicyclic amines) is 1. The van der Waals surface area contributed by atoms with Gasteiger partial charge in [-0.05, 0) is 38.6 Å². The first-order valence-electron chi connectivity index (χ1n) is 5.94. The van der Waals surface area contributed by atoms with Gasteiger partial charge in [0.2, 0.25) is 0 Å². The van der Waals surface area contributed by atoms with Crippen LogP contribution in [0.4, 0.5) is 0 Å². The monoisotopic (exact) mass is 195 g/mol. The summed E-state index contributed by atoms with van der Waals surface area (Å²) in [5.74, 6) is 1.35. The molecule has 3 atom stereocenters. The van der Waals surface area contributed by atoms with Crippen molar-refractivity contribution >= 4 is 5.78 Å². The molecular weight excluding hydrogens is 174 g/mol. The predicted molar refractivity (Wildman–Crippen MR) is 57.2 cm³/mol. The first-order valence-corrected chi connectivity index (χ1v) is 5.94. The van der Waals surface area contributed by atoms with E-state index in [1.54, 1.807) is 0 Å². The number of nitrogens with zero attached hydrogens (tertiary/aromatic N) is 1. The van der Waals surface area contributed by atoms with Crippen molar-refractivity contribution in [1.29, 1.82) is 0 Å². The average molecular weight is 195 g/mol. The van der Waals surface area contributed by atoms with Gasteiger partial charge in [0.25, 0.3) is 0 Å². The van der Waals surface area contributed by atoms with Gasteiger partial charge in [-0.2, -0.15) is 0 Å². The lowest BCUT2D eigenvalue weighted by atomic mass is 9.92. The maximum atomic E-state index is 11.2. The Morgan fingerprint density at radius 2 is 2.07 bits per heavy atom. The van der Waals surface area contributed by atoms with Crippen LogP contribution in [0.1, 0.15) is 46.0 Å². The highest BCUT2D eigenvalue weighted by Crippen LogP contribution is 2.29. The number of rotatable bonds is 1. The number of hydrogen-bond acceptors (Lipinski definition) is 2. The number of ketones is 1. The summed E-state index contributed by atoms with van der Waals surface area (Å²) < 4.78 is 0. The Morgan fingerprint density at radius 1 is 1.29 bits per heavy atom. The van der Waals surface area contributed by atoms with Gasteiger partial charge in [0.15, 0.2) is 0 Å². The molecule has 0 aromatic heterocycles. The lowest BCUT2D eigenvalue weighted by molar-refractivity contribution is -0.117. The summed E-state index contributed by atoms with van der Waals surface area (Å²) in [6, 6.07) is 1.26. The third kappa shape index (κ3) is 2.00. The summed E-state index contributed by atoms with van der Waals surface area (Å²) in [7, 11) is 0. The minimum absolute atomic E-state index is 0.473. The van der Waals surface area contributed by atoms with E-state index in [4.69, 9.17) is 0 Å². The largest absolute Gasteiger partial charge is 0.300 e. The molecule has 80 valence electrons. The summed E-state index contributed by atoms with van der Waals surface area (Å²) in [5, 5.41) is 0. The molecule has 0 spiro atoms. The summed E-state index contributed by atoms with van der Waals surface area (Å²) >= 11 is 0. The van der Waals surface area contributed by atoms with Crippen LogP contribution in [0.5, 0.6) is 0 Å². The third-order valence-electron chi connectivity index (χ3n) is 3.88. The highest BCUT2D eigenvalue weighted by Gasteiger charge is 2.33. The lowest BCUT2D eigenvalue weighted by Crippen LogP contribution is -2.45. The number of hydrogen-bond donors (Lipinski definition) is 0. The second kappa shape index (κ2) is 4.01. The van der Waals surface area contributed by atoms with Gasteiger partial charge in [-0.15, -0.1) is 0 Å². The van der Waals surface area contributed by atoms with Crippen LogP contribution in [-0.4, -0.2) is 29.3 Å². The molecule has 1 aliphatic heterocycles. The van der Waals surface area contributed by atoms with Crippen LogP contribution in [0.2, 0.25) is 0 Å². The quantitative estimate of drug-likeness (QED) is 0.639. The zero-order valence-corrected chi connectivity index (χ0v) is 9.33. The molecule has 1 saturated heterocycles. The normalized spacial score (nSPS) is 40.4. The Kier molecular flexibility index (Phi) is 2.91. The summed E-state index contributed by atoms with van der Waals surface area (Å²) in [4.78, 5) is 13.8. The molecule has 2 heteroatoms. The number of carbonyl (C=O) groups excluding carboxylic acids is 1. The Labute approximate surface area is 86.7 Å². The minimum Gasteiger partial charge on any atom is -0.300 e. The van der Waals surface area contributed by atoms with Crippen LogP contribution in [0.25, 0.3) is 0 Å². The van der Waals surface area contributed by atoms with Crippen molar-refractivity contribution in [2.45, 2.75) is 58.0 Å². The zero-order chi connectivity index (χ0) is 10.1. The van der Waals surface area contributed by atoms with Crippen molar-refractivity contribution < 1.29 is 4.79 Å². The second-order valence-corrected chi connectivity index (χ2v) is 5.15. The molecule has 0 aromatic rings. The maximum absolute atomic E-state index is 11.2. The predicted octanol–water partition coefficient (Wildman–Crippen LogP) is 2.23.